The van der Waals surface area contributed by atoms with Crippen LogP contribution in [0.2, 0.25) is 5.02 Å². The molecule has 0 saturated carbocycles. The number of carbonyl (C=O) groups is 1. The zero-order chi connectivity index (χ0) is 24.1. The Balaban J connectivity index is 1.41. The van der Waals surface area contributed by atoms with Crippen molar-refractivity contribution in [1.29, 1.82) is 0 Å². The van der Waals surface area contributed by atoms with E-state index in [1.54, 1.807) is 13.0 Å². The van der Waals surface area contributed by atoms with Crippen molar-refractivity contribution in [3.8, 4) is 0 Å². The lowest BCUT2D eigenvalue weighted by Gasteiger charge is -2.26. The van der Waals surface area contributed by atoms with Crippen molar-refractivity contribution in [1.82, 2.24) is 19.9 Å². The number of hydrogen-bond donors (Lipinski definition) is 3. The summed E-state index contributed by atoms with van der Waals surface area (Å²) in [7, 11) is 0. The summed E-state index contributed by atoms with van der Waals surface area (Å²) in [4.78, 5) is 29.2. The molecule has 0 radical (unpaired) electrons. The molecule has 0 bridgehead atoms. The fraction of sp³-hybridized carbons (Fsp3) is 0.391. The van der Waals surface area contributed by atoms with Crippen molar-refractivity contribution < 1.29 is 9.53 Å². The summed E-state index contributed by atoms with van der Waals surface area (Å²) in [5.74, 6) is 1.75. The smallest absolute Gasteiger partial charge is 0.267 e. The maximum atomic E-state index is 12.9. The minimum atomic E-state index is -0.247. The molecule has 34 heavy (non-hydrogen) atoms. The lowest BCUT2D eigenvalue weighted by Crippen LogP contribution is -2.39. The van der Waals surface area contributed by atoms with Crippen LogP contribution < -0.4 is 16.0 Å². The van der Waals surface area contributed by atoms with Crippen molar-refractivity contribution in [3.05, 3.63) is 51.2 Å². The van der Waals surface area contributed by atoms with Gasteiger partial charge in [0.2, 0.25) is 0 Å². The molecule has 1 aromatic carbocycles. The summed E-state index contributed by atoms with van der Waals surface area (Å²) in [5.41, 5.74) is 2.13. The van der Waals surface area contributed by atoms with Gasteiger partial charge in [-0.15, -0.1) is 0 Å². The Morgan fingerprint density at radius 3 is 2.68 bits per heavy atom. The molecule has 3 aromatic rings. The number of halogens is 1. The first-order valence-corrected chi connectivity index (χ1v) is 12.3. The van der Waals surface area contributed by atoms with Gasteiger partial charge in [-0.25, -0.2) is 15.0 Å². The summed E-state index contributed by atoms with van der Waals surface area (Å²) in [6.45, 7) is 10.7. The minimum absolute atomic E-state index is 0.247. The third-order valence-electron chi connectivity index (χ3n) is 5.37. The molecule has 1 aliphatic heterocycles. The van der Waals surface area contributed by atoms with Crippen LogP contribution in [-0.2, 0) is 4.74 Å². The standard InChI is InChI=1S/C23H28ClN7O2S/c1-14-5-4-6-17(24)20(14)30-22(32)21-15(2)26-23(34-21)29-19-13-18(27-16(3)28-19)25-7-8-31-9-11-33-12-10-31/h4-6,13H,7-12H2,1-3H3,(H,30,32)(H2,25,26,27,28,29). The van der Waals surface area contributed by atoms with Crippen LogP contribution in [0.5, 0.6) is 0 Å². The number of nitrogens with zero attached hydrogens (tertiary/aromatic N) is 4. The molecule has 11 heteroatoms. The third-order valence-corrected chi connectivity index (χ3v) is 6.76. The molecule has 0 spiro atoms. The van der Waals surface area contributed by atoms with E-state index in [2.05, 4.69) is 35.8 Å². The lowest BCUT2D eigenvalue weighted by atomic mass is 10.2. The average Bonchev–Trinajstić information content (AvgIpc) is 3.16. The van der Waals surface area contributed by atoms with Crippen LogP contribution in [0.25, 0.3) is 0 Å². The minimum Gasteiger partial charge on any atom is -0.379 e. The highest BCUT2D eigenvalue weighted by atomic mass is 35.5. The molecule has 2 aromatic heterocycles. The van der Waals surface area contributed by atoms with Gasteiger partial charge < -0.3 is 20.7 Å². The van der Waals surface area contributed by atoms with Gasteiger partial charge in [0, 0.05) is 32.2 Å². The van der Waals surface area contributed by atoms with Crippen molar-refractivity contribution in [3.63, 3.8) is 0 Å². The van der Waals surface area contributed by atoms with Gasteiger partial charge in [0.25, 0.3) is 5.91 Å². The van der Waals surface area contributed by atoms with Crippen LogP contribution in [0, 0.1) is 20.8 Å². The Kier molecular flexibility index (Phi) is 7.94. The van der Waals surface area contributed by atoms with Gasteiger partial charge in [-0.1, -0.05) is 35.1 Å². The Morgan fingerprint density at radius 2 is 1.91 bits per heavy atom. The normalized spacial score (nSPS) is 14.1. The maximum absolute atomic E-state index is 12.9. The van der Waals surface area contributed by atoms with Gasteiger partial charge in [0.15, 0.2) is 5.13 Å². The molecular formula is C23H28ClN7O2S. The van der Waals surface area contributed by atoms with Crippen LogP contribution in [0.3, 0.4) is 0 Å². The number of amides is 1. The number of morpholine rings is 1. The van der Waals surface area contributed by atoms with Gasteiger partial charge in [0.1, 0.15) is 22.3 Å². The molecule has 3 heterocycles. The van der Waals surface area contributed by atoms with Crippen LogP contribution in [0.4, 0.5) is 22.5 Å². The Labute approximate surface area is 207 Å². The number of para-hydroxylation sites is 1. The van der Waals surface area contributed by atoms with Crippen molar-refractivity contribution in [2.75, 3.05) is 55.3 Å². The number of ether oxygens (including phenoxy) is 1. The molecule has 0 atom stereocenters. The Hall–Kier alpha value is -2.79. The third kappa shape index (κ3) is 6.20. The first kappa shape index (κ1) is 24.3. The van der Waals surface area contributed by atoms with E-state index >= 15 is 0 Å². The second-order valence-corrected chi connectivity index (χ2v) is 9.42. The number of thiazole rings is 1. The number of carbonyl (C=O) groups excluding carboxylic acids is 1. The first-order chi connectivity index (χ1) is 16.4. The summed E-state index contributed by atoms with van der Waals surface area (Å²) in [5, 5.41) is 10.6. The zero-order valence-electron chi connectivity index (χ0n) is 19.4. The quantitative estimate of drug-likeness (QED) is 0.421. The van der Waals surface area contributed by atoms with E-state index in [4.69, 9.17) is 16.3 Å². The molecule has 0 unspecified atom stereocenters. The van der Waals surface area contributed by atoms with E-state index in [-0.39, 0.29) is 5.91 Å². The highest BCUT2D eigenvalue weighted by Gasteiger charge is 2.18. The molecule has 1 aliphatic rings. The second-order valence-electron chi connectivity index (χ2n) is 8.01. The number of hydrogen-bond acceptors (Lipinski definition) is 9. The fourth-order valence-corrected chi connectivity index (χ4v) is 4.76. The van der Waals surface area contributed by atoms with Gasteiger partial charge in [-0.2, -0.15) is 0 Å². The molecule has 3 N–H and O–H groups in total. The molecule has 1 amide bonds. The molecular weight excluding hydrogens is 474 g/mol. The lowest BCUT2D eigenvalue weighted by molar-refractivity contribution is 0.0398. The van der Waals surface area contributed by atoms with E-state index in [0.717, 1.165) is 50.8 Å². The summed E-state index contributed by atoms with van der Waals surface area (Å²) in [6.07, 6.45) is 0. The summed E-state index contributed by atoms with van der Waals surface area (Å²) in [6, 6.07) is 7.34. The molecule has 180 valence electrons. The Bertz CT molecular complexity index is 1140. The number of nitrogens with one attached hydrogen (secondary N) is 3. The van der Waals surface area contributed by atoms with Crippen LogP contribution in [-0.4, -0.2) is 65.2 Å². The molecule has 9 nitrogen and oxygen atoms in total. The fourth-order valence-electron chi connectivity index (χ4n) is 3.62. The van der Waals surface area contributed by atoms with Gasteiger partial charge in [0.05, 0.1) is 29.6 Å². The molecule has 1 saturated heterocycles. The first-order valence-electron chi connectivity index (χ1n) is 11.1. The van der Waals surface area contributed by atoms with E-state index in [1.165, 1.54) is 11.3 Å². The highest BCUT2D eigenvalue weighted by Crippen LogP contribution is 2.29. The van der Waals surface area contributed by atoms with E-state index in [1.807, 2.05) is 32.0 Å². The zero-order valence-corrected chi connectivity index (χ0v) is 21.0. The van der Waals surface area contributed by atoms with Gasteiger partial charge >= 0.3 is 0 Å². The number of rotatable bonds is 8. The molecule has 0 aliphatic carbocycles. The topological polar surface area (TPSA) is 104 Å². The van der Waals surface area contributed by atoms with Crippen molar-refractivity contribution >= 4 is 51.3 Å². The average molecular weight is 502 g/mol. The molecule has 1 fully saturated rings. The predicted molar refractivity (Wildman–Crippen MR) is 137 cm³/mol. The number of anilines is 4. The van der Waals surface area contributed by atoms with Gasteiger partial charge in [-0.05, 0) is 32.4 Å². The summed E-state index contributed by atoms with van der Waals surface area (Å²) >= 11 is 7.52. The number of aryl methyl sites for hydroxylation is 3. The monoisotopic (exact) mass is 501 g/mol. The Morgan fingerprint density at radius 1 is 1.15 bits per heavy atom. The highest BCUT2D eigenvalue weighted by molar-refractivity contribution is 7.17. The molecule has 4 rings (SSSR count). The number of aromatic nitrogens is 3. The van der Waals surface area contributed by atoms with E-state index in [0.29, 0.717) is 38.1 Å². The predicted octanol–water partition coefficient (Wildman–Crippen LogP) is 4.25. The van der Waals surface area contributed by atoms with E-state index in [9.17, 15) is 4.79 Å². The van der Waals surface area contributed by atoms with Crippen LogP contribution in [0.1, 0.15) is 26.8 Å². The SMILES string of the molecule is Cc1nc(NCCN2CCOCC2)cc(Nc2nc(C)c(C(=O)Nc3c(C)cccc3Cl)s2)n1. The number of benzene rings is 1. The van der Waals surface area contributed by atoms with Gasteiger partial charge in [-0.3, -0.25) is 9.69 Å². The largest absolute Gasteiger partial charge is 0.379 e. The van der Waals surface area contributed by atoms with Crippen molar-refractivity contribution in [2.24, 2.45) is 0 Å². The summed E-state index contributed by atoms with van der Waals surface area (Å²) < 4.78 is 5.39. The van der Waals surface area contributed by atoms with Crippen LogP contribution >= 0.6 is 22.9 Å². The maximum Gasteiger partial charge on any atom is 0.267 e. The second kappa shape index (κ2) is 11.1. The van der Waals surface area contributed by atoms with Crippen molar-refractivity contribution in [2.45, 2.75) is 20.8 Å². The van der Waals surface area contributed by atoms with E-state index < -0.39 is 0 Å². The van der Waals surface area contributed by atoms with Crippen LogP contribution in [0.15, 0.2) is 24.3 Å².